The zero-order valence-corrected chi connectivity index (χ0v) is 13.6. The first kappa shape index (κ1) is 17.2. The number of urea groups is 1. The van der Waals surface area contributed by atoms with Crippen LogP contribution in [0.1, 0.15) is 6.42 Å². The fourth-order valence-corrected chi connectivity index (χ4v) is 2.28. The number of rotatable bonds is 7. The van der Waals surface area contributed by atoms with Gasteiger partial charge in [-0.1, -0.05) is 0 Å². The van der Waals surface area contributed by atoms with Gasteiger partial charge in [-0.05, 0) is 47.7 Å². The third kappa shape index (κ3) is 7.07. The summed E-state index contributed by atoms with van der Waals surface area (Å²) >= 11 is 0. The Morgan fingerprint density at radius 2 is 1.60 bits per heavy atom. The highest BCUT2D eigenvalue weighted by atomic mass is 16.2. The minimum atomic E-state index is 0.0831. The Hall–Kier alpha value is -0.850. The molecule has 1 N–H and O–H groups in total. The van der Waals surface area contributed by atoms with Gasteiger partial charge in [0.2, 0.25) is 0 Å². The standard InChI is InChI=1S/C14H31N5O/c1-16(2)7-5-8-18-10-12-19(13-11-18)14(20)15-6-9-17(3)4/h5-13H2,1-4H3,(H,15,20). The fraction of sp³-hybridized carbons (Fsp3) is 0.929. The summed E-state index contributed by atoms with van der Waals surface area (Å²) in [4.78, 5) is 20.6. The van der Waals surface area contributed by atoms with Crippen LogP contribution >= 0.6 is 0 Å². The van der Waals surface area contributed by atoms with Gasteiger partial charge in [0, 0.05) is 39.3 Å². The third-order valence-corrected chi connectivity index (χ3v) is 3.57. The summed E-state index contributed by atoms with van der Waals surface area (Å²) in [6.07, 6.45) is 1.20. The Morgan fingerprint density at radius 1 is 1.00 bits per heavy atom. The number of nitrogens with zero attached hydrogens (tertiary/aromatic N) is 4. The Kier molecular flexibility index (Phi) is 7.87. The van der Waals surface area contributed by atoms with Crippen molar-refractivity contribution < 1.29 is 4.79 Å². The first-order valence-corrected chi connectivity index (χ1v) is 7.53. The highest BCUT2D eigenvalue weighted by Gasteiger charge is 2.20. The molecule has 0 spiro atoms. The van der Waals surface area contributed by atoms with Crippen molar-refractivity contribution in [3.05, 3.63) is 0 Å². The topological polar surface area (TPSA) is 42.1 Å². The van der Waals surface area contributed by atoms with E-state index < -0.39 is 0 Å². The summed E-state index contributed by atoms with van der Waals surface area (Å²) in [5, 5.41) is 2.98. The number of carbonyl (C=O) groups is 1. The van der Waals surface area contributed by atoms with Gasteiger partial charge in [0.1, 0.15) is 0 Å². The van der Waals surface area contributed by atoms with E-state index >= 15 is 0 Å². The second-order valence-electron chi connectivity index (χ2n) is 6.02. The molecule has 6 heteroatoms. The van der Waals surface area contributed by atoms with Crippen LogP contribution < -0.4 is 5.32 Å². The van der Waals surface area contributed by atoms with Crippen molar-refractivity contribution in [3.63, 3.8) is 0 Å². The second-order valence-corrected chi connectivity index (χ2v) is 6.02. The predicted molar refractivity (Wildman–Crippen MR) is 83.1 cm³/mol. The first-order chi connectivity index (χ1) is 9.49. The van der Waals surface area contributed by atoms with Crippen LogP contribution in [0, 0.1) is 0 Å². The molecule has 0 atom stereocenters. The number of amides is 2. The SMILES string of the molecule is CN(C)CCCN1CCN(C(=O)NCCN(C)C)CC1. The Bertz CT molecular complexity index is 275. The van der Waals surface area contributed by atoms with E-state index in [0.717, 1.165) is 52.4 Å². The maximum Gasteiger partial charge on any atom is 0.317 e. The van der Waals surface area contributed by atoms with Crippen molar-refractivity contribution in [1.82, 2.24) is 24.9 Å². The van der Waals surface area contributed by atoms with E-state index in [2.05, 4.69) is 34.1 Å². The lowest BCUT2D eigenvalue weighted by Crippen LogP contribution is -2.52. The first-order valence-electron chi connectivity index (χ1n) is 7.53. The van der Waals surface area contributed by atoms with E-state index in [-0.39, 0.29) is 6.03 Å². The zero-order chi connectivity index (χ0) is 15.0. The number of nitrogens with one attached hydrogen (secondary N) is 1. The Balaban J connectivity index is 2.13. The monoisotopic (exact) mass is 285 g/mol. The molecule has 1 aliphatic heterocycles. The summed E-state index contributed by atoms with van der Waals surface area (Å²) in [6.45, 7) is 7.54. The highest BCUT2D eigenvalue weighted by molar-refractivity contribution is 5.74. The number of carbonyl (C=O) groups excluding carboxylic acids is 1. The summed E-state index contributed by atoms with van der Waals surface area (Å²) in [5.41, 5.74) is 0. The van der Waals surface area contributed by atoms with Crippen LogP contribution in [-0.4, -0.2) is 106 Å². The number of hydrogen-bond acceptors (Lipinski definition) is 4. The minimum absolute atomic E-state index is 0.0831. The molecule has 0 radical (unpaired) electrons. The van der Waals surface area contributed by atoms with Crippen molar-refractivity contribution in [2.45, 2.75) is 6.42 Å². The molecule has 0 aliphatic carbocycles. The molecule has 0 unspecified atom stereocenters. The number of hydrogen-bond donors (Lipinski definition) is 1. The van der Waals surface area contributed by atoms with Crippen molar-refractivity contribution >= 4 is 6.03 Å². The lowest BCUT2D eigenvalue weighted by Gasteiger charge is -2.35. The van der Waals surface area contributed by atoms with Crippen molar-refractivity contribution in [2.75, 3.05) is 80.5 Å². The maximum absolute atomic E-state index is 12.0. The summed E-state index contributed by atoms with van der Waals surface area (Å²) in [5.74, 6) is 0. The van der Waals surface area contributed by atoms with E-state index in [9.17, 15) is 4.79 Å². The van der Waals surface area contributed by atoms with Crippen molar-refractivity contribution in [3.8, 4) is 0 Å². The number of likely N-dealkylation sites (N-methyl/N-ethyl adjacent to an activating group) is 1. The molecular weight excluding hydrogens is 254 g/mol. The summed E-state index contributed by atoms with van der Waals surface area (Å²) in [7, 11) is 8.24. The fourth-order valence-electron chi connectivity index (χ4n) is 2.28. The molecule has 1 heterocycles. The minimum Gasteiger partial charge on any atom is -0.337 e. The largest absolute Gasteiger partial charge is 0.337 e. The van der Waals surface area contributed by atoms with Crippen molar-refractivity contribution in [2.24, 2.45) is 0 Å². The van der Waals surface area contributed by atoms with Gasteiger partial charge in [-0.2, -0.15) is 0 Å². The van der Waals surface area contributed by atoms with Gasteiger partial charge in [-0.25, -0.2) is 4.79 Å². The quantitative estimate of drug-likeness (QED) is 0.705. The molecular formula is C14H31N5O. The molecule has 20 heavy (non-hydrogen) atoms. The summed E-state index contributed by atoms with van der Waals surface area (Å²) in [6, 6.07) is 0.0831. The molecule has 0 aromatic carbocycles. The van der Waals surface area contributed by atoms with Crippen LogP contribution in [0.15, 0.2) is 0 Å². The second kappa shape index (κ2) is 9.15. The van der Waals surface area contributed by atoms with Gasteiger partial charge < -0.3 is 20.0 Å². The molecule has 1 aliphatic rings. The molecule has 118 valence electrons. The predicted octanol–water partition coefficient (Wildman–Crippen LogP) is -0.173. The molecule has 2 amide bonds. The van der Waals surface area contributed by atoms with E-state index in [0.29, 0.717) is 0 Å². The molecule has 0 aromatic rings. The maximum atomic E-state index is 12.0. The average molecular weight is 285 g/mol. The number of piperazine rings is 1. The summed E-state index contributed by atoms with van der Waals surface area (Å²) < 4.78 is 0. The smallest absolute Gasteiger partial charge is 0.317 e. The van der Waals surface area contributed by atoms with Gasteiger partial charge >= 0.3 is 6.03 Å². The molecule has 0 saturated carbocycles. The lowest BCUT2D eigenvalue weighted by atomic mass is 10.3. The molecule has 1 saturated heterocycles. The normalized spacial score (nSPS) is 17.0. The van der Waals surface area contributed by atoms with Crippen LogP contribution in [0.4, 0.5) is 4.79 Å². The van der Waals surface area contributed by atoms with Crippen LogP contribution in [0.25, 0.3) is 0 Å². The molecule has 0 bridgehead atoms. The van der Waals surface area contributed by atoms with Gasteiger partial charge in [-0.3, -0.25) is 4.90 Å². The van der Waals surface area contributed by atoms with E-state index in [1.807, 2.05) is 19.0 Å². The lowest BCUT2D eigenvalue weighted by molar-refractivity contribution is 0.136. The Morgan fingerprint density at radius 3 is 2.15 bits per heavy atom. The highest BCUT2D eigenvalue weighted by Crippen LogP contribution is 2.03. The average Bonchev–Trinajstić information content (AvgIpc) is 2.38. The van der Waals surface area contributed by atoms with Crippen LogP contribution in [-0.2, 0) is 0 Å². The molecule has 1 rings (SSSR count). The van der Waals surface area contributed by atoms with E-state index in [1.165, 1.54) is 6.42 Å². The molecule has 6 nitrogen and oxygen atoms in total. The zero-order valence-electron chi connectivity index (χ0n) is 13.6. The van der Waals surface area contributed by atoms with Gasteiger partial charge in [-0.15, -0.1) is 0 Å². The van der Waals surface area contributed by atoms with Crippen molar-refractivity contribution in [1.29, 1.82) is 0 Å². The molecule has 0 aromatic heterocycles. The van der Waals surface area contributed by atoms with Crippen LogP contribution in [0.5, 0.6) is 0 Å². The van der Waals surface area contributed by atoms with Gasteiger partial charge in [0.15, 0.2) is 0 Å². The third-order valence-electron chi connectivity index (χ3n) is 3.57. The van der Waals surface area contributed by atoms with E-state index in [1.54, 1.807) is 0 Å². The van der Waals surface area contributed by atoms with Crippen LogP contribution in [0.3, 0.4) is 0 Å². The van der Waals surface area contributed by atoms with Gasteiger partial charge in [0.25, 0.3) is 0 Å². The van der Waals surface area contributed by atoms with Gasteiger partial charge in [0.05, 0.1) is 0 Å². The van der Waals surface area contributed by atoms with Crippen LogP contribution in [0.2, 0.25) is 0 Å². The van der Waals surface area contributed by atoms with E-state index in [4.69, 9.17) is 0 Å². The molecule has 1 fully saturated rings. The Labute approximate surface area is 123 Å².